The third-order valence-electron chi connectivity index (χ3n) is 3.00. The number of carbonyl (C=O) groups excluding carboxylic acids is 1. The van der Waals surface area contributed by atoms with Gasteiger partial charge in [0.05, 0.1) is 13.2 Å². The summed E-state index contributed by atoms with van der Waals surface area (Å²) in [5.41, 5.74) is 0.644. The lowest BCUT2D eigenvalue weighted by Crippen LogP contribution is -2.27. The molecule has 4 heteroatoms. The van der Waals surface area contributed by atoms with E-state index in [-0.39, 0.29) is 5.97 Å². The predicted octanol–water partition coefficient (Wildman–Crippen LogP) is 1.12. The molecule has 0 bridgehead atoms. The fourth-order valence-electron chi connectivity index (χ4n) is 1.78. The largest absolute Gasteiger partial charge is 0.466 e. The number of rotatable bonds is 5. The zero-order chi connectivity index (χ0) is 12.0. The Hall–Kier alpha value is -0.870. The molecule has 1 aliphatic heterocycles. The molecule has 2 atom stereocenters. The van der Waals surface area contributed by atoms with E-state index in [1.54, 1.807) is 6.92 Å². The van der Waals surface area contributed by atoms with E-state index in [4.69, 9.17) is 4.74 Å². The first-order valence-electron chi connectivity index (χ1n) is 5.72. The van der Waals surface area contributed by atoms with E-state index in [2.05, 4.69) is 17.0 Å². The van der Waals surface area contributed by atoms with Crippen molar-refractivity contribution in [3.8, 4) is 0 Å². The number of carbonyl (C=O) groups is 1. The molecule has 2 unspecified atom stereocenters. The molecule has 1 heterocycles. The van der Waals surface area contributed by atoms with Crippen LogP contribution in [0, 0.1) is 5.92 Å². The predicted molar refractivity (Wildman–Crippen MR) is 62.2 cm³/mol. The maximum Gasteiger partial charge on any atom is 0.333 e. The highest BCUT2D eigenvalue weighted by atomic mass is 16.5. The highest BCUT2D eigenvalue weighted by Gasteiger charge is 2.23. The van der Waals surface area contributed by atoms with Crippen LogP contribution in [0.25, 0.3) is 0 Å². The smallest absolute Gasteiger partial charge is 0.333 e. The molecule has 1 aliphatic rings. The normalized spacial score (nSPS) is 25.8. The summed E-state index contributed by atoms with van der Waals surface area (Å²) in [5, 5.41) is 3.30. The van der Waals surface area contributed by atoms with Crippen LogP contribution in [0.4, 0.5) is 0 Å². The molecule has 0 spiro atoms. The van der Waals surface area contributed by atoms with Gasteiger partial charge in [-0.2, -0.15) is 0 Å². The number of ether oxygens (including phenoxy) is 2. The van der Waals surface area contributed by atoms with Gasteiger partial charge in [-0.05, 0) is 26.2 Å². The SMILES string of the molecule is COC(=O)C(C)=CCNCC1CCOC1C. The first kappa shape index (κ1) is 13.2. The lowest BCUT2D eigenvalue weighted by Gasteiger charge is -2.13. The lowest BCUT2D eigenvalue weighted by atomic mass is 10.0. The minimum atomic E-state index is -0.264. The average Bonchev–Trinajstić information content (AvgIpc) is 2.69. The standard InChI is InChI=1S/C12H21NO3/c1-9(12(14)15-3)4-6-13-8-11-5-7-16-10(11)2/h4,10-11,13H,5-8H2,1-3H3. The Bertz CT molecular complexity index is 263. The molecule has 0 aromatic carbocycles. The Morgan fingerprint density at radius 1 is 1.62 bits per heavy atom. The number of esters is 1. The maximum absolute atomic E-state index is 11.1. The van der Waals surface area contributed by atoms with Gasteiger partial charge in [0, 0.05) is 25.3 Å². The molecule has 1 rings (SSSR count). The number of hydrogen-bond donors (Lipinski definition) is 1. The molecule has 92 valence electrons. The highest BCUT2D eigenvalue weighted by molar-refractivity contribution is 5.87. The summed E-state index contributed by atoms with van der Waals surface area (Å²) >= 11 is 0. The van der Waals surface area contributed by atoms with Crippen molar-refractivity contribution in [2.45, 2.75) is 26.4 Å². The zero-order valence-corrected chi connectivity index (χ0v) is 10.3. The third kappa shape index (κ3) is 3.94. The molecule has 0 saturated carbocycles. The summed E-state index contributed by atoms with van der Waals surface area (Å²) in [6.07, 6.45) is 3.32. The van der Waals surface area contributed by atoms with Crippen LogP contribution >= 0.6 is 0 Å². The van der Waals surface area contributed by atoms with E-state index in [9.17, 15) is 4.79 Å². The Morgan fingerprint density at radius 3 is 2.94 bits per heavy atom. The summed E-state index contributed by atoms with van der Waals surface area (Å²) in [4.78, 5) is 11.1. The van der Waals surface area contributed by atoms with Gasteiger partial charge in [-0.3, -0.25) is 0 Å². The summed E-state index contributed by atoms with van der Waals surface area (Å²) in [6.45, 7) is 6.37. The lowest BCUT2D eigenvalue weighted by molar-refractivity contribution is -0.136. The van der Waals surface area contributed by atoms with Gasteiger partial charge in [-0.1, -0.05) is 6.08 Å². The van der Waals surface area contributed by atoms with E-state index >= 15 is 0 Å². The molecule has 16 heavy (non-hydrogen) atoms. The van der Waals surface area contributed by atoms with Gasteiger partial charge in [0.25, 0.3) is 0 Å². The highest BCUT2D eigenvalue weighted by Crippen LogP contribution is 2.19. The van der Waals surface area contributed by atoms with Crippen LogP contribution in [0.1, 0.15) is 20.3 Å². The fourth-order valence-corrected chi connectivity index (χ4v) is 1.78. The van der Waals surface area contributed by atoms with Gasteiger partial charge < -0.3 is 14.8 Å². The summed E-state index contributed by atoms with van der Waals surface area (Å²) in [5.74, 6) is 0.325. The Kier molecular flexibility index (Phi) is 5.49. The zero-order valence-electron chi connectivity index (χ0n) is 10.3. The molecule has 1 saturated heterocycles. The van der Waals surface area contributed by atoms with Crippen molar-refractivity contribution < 1.29 is 14.3 Å². The van der Waals surface area contributed by atoms with Crippen LogP contribution in [0.5, 0.6) is 0 Å². The van der Waals surface area contributed by atoms with E-state index in [1.165, 1.54) is 7.11 Å². The van der Waals surface area contributed by atoms with Crippen LogP contribution in [0.2, 0.25) is 0 Å². The molecular weight excluding hydrogens is 206 g/mol. The fraction of sp³-hybridized carbons (Fsp3) is 0.750. The van der Waals surface area contributed by atoms with Crippen LogP contribution in [-0.2, 0) is 14.3 Å². The van der Waals surface area contributed by atoms with Gasteiger partial charge in [-0.15, -0.1) is 0 Å². The molecule has 0 aromatic rings. The first-order valence-corrected chi connectivity index (χ1v) is 5.72. The molecule has 1 fully saturated rings. The molecule has 0 radical (unpaired) electrons. The number of nitrogens with one attached hydrogen (secondary N) is 1. The van der Waals surface area contributed by atoms with Crippen molar-refractivity contribution in [2.75, 3.05) is 26.8 Å². The summed E-state index contributed by atoms with van der Waals surface area (Å²) < 4.78 is 10.1. The van der Waals surface area contributed by atoms with Gasteiger partial charge in [0.1, 0.15) is 0 Å². The van der Waals surface area contributed by atoms with Crippen LogP contribution in [0.15, 0.2) is 11.6 Å². The molecule has 0 aliphatic carbocycles. The van der Waals surface area contributed by atoms with E-state index in [0.29, 0.717) is 24.1 Å². The Labute approximate surface area is 97.0 Å². The molecule has 0 amide bonds. The molecule has 1 N–H and O–H groups in total. The second kappa shape index (κ2) is 6.66. The number of methoxy groups -OCH3 is 1. The van der Waals surface area contributed by atoms with E-state index < -0.39 is 0 Å². The summed E-state index contributed by atoms with van der Waals surface area (Å²) in [7, 11) is 1.39. The molecule has 4 nitrogen and oxygen atoms in total. The second-order valence-electron chi connectivity index (χ2n) is 4.16. The van der Waals surface area contributed by atoms with Gasteiger partial charge in [-0.25, -0.2) is 4.79 Å². The van der Waals surface area contributed by atoms with Gasteiger partial charge >= 0.3 is 5.97 Å². The van der Waals surface area contributed by atoms with Crippen LogP contribution < -0.4 is 5.32 Å². The maximum atomic E-state index is 11.1. The minimum Gasteiger partial charge on any atom is -0.466 e. The van der Waals surface area contributed by atoms with Crippen molar-refractivity contribution in [3.63, 3.8) is 0 Å². The van der Waals surface area contributed by atoms with Crippen LogP contribution in [-0.4, -0.2) is 38.9 Å². The minimum absolute atomic E-state index is 0.264. The quantitative estimate of drug-likeness (QED) is 0.434. The van der Waals surface area contributed by atoms with E-state index in [1.807, 2.05) is 6.08 Å². The van der Waals surface area contributed by atoms with Crippen molar-refractivity contribution in [3.05, 3.63) is 11.6 Å². The Morgan fingerprint density at radius 2 is 2.38 bits per heavy atom. The monoisotopic (exact) mass is 227 g/mol. The first-order chi connectivity index (χ1) is 7.65. The third-order valence-corrected chi connectivity index (χ3v) is 3.00. The van der Waals surface area contributed by atoms with Crippen molar-refractivity contribution >= 4 is 5.97 Å². The van der Waals surface area contributed by atoms with Crippen molar-refractivity contribution in [2.24, 2.45) is 5.92 Å². The van der Waals surface area contributed by atoms with Crippen molar-refractivity contribution in [1.82, 2.24) is 5.32 Å². The topological polar surface area (TPSA) is 47.6 Å². The van der Waals surface area contributed by atoms with Crippen LogP contribution in [0.3, 0.4) is 0 Å². The molecular formula is C12H21NO3. The molecule has 0 aromatic heterocycles. The van der Waals surface area contributed by atoms with E-state index in [0.717, 1.165) is 19.6 Å². The average molecular weight is 227 g/mol. The Balaban J connectivity index is 2.18. The van der Waals surface area contributed by atoms with Gasteiger partial charge in [0.2, 0.25) is 0 Å². The number of hydrogen-bond acceptors (Lipinski definition) is 4. The van der Waals surface area contributed by atoms with Gasteiger partial charge in [0.15, 0.2) is 0 Å². The van der Waals surface area contributed by atoms with Crippen molar-refractivity contribution in [1.29, 1.82) is 0 Å². The second-order valence-corrected chi connectivity index (χ2v) is 4.16. The summed E-state index contributed by atoms with van der Waals surface area (Å²) in [6, 6.07) is 0.